The molecule has 10 aromatic carbocycles. The zero-order valence-corrected chi connectivity index (χ0v) is 32.3. The lowest BCUT2D eigenvalue weighted by molar-refractivity contribution is 0.795. The number of anilines is 6. The molecular formula is C57H38N2. The Hall–Kier alpha value is -7.68. The van der Waals surface area contributed by atoms with E-state index in [9.17, 15) is 0 Å². The molecule has 10 aromatic rings. The van der Waals surface area contributed by atoms with Crippen LogP contribution in [0.4, 0.5) is 34.1 Å². The van der Waals surface area contributed by atoms with Crippen molar-refractivity contribution in [1.82, 2.24) is 0 Å². The Balaban J connectivity index is 1.17. The van der Waals surface area contributed by atoms with E-state index < -0.39 is 5.41 Å². The van der Waals surface area contributed by atoms with Crippen LogP contribution in [0.3, 0.4) is 0 Å². The highest BCUT2D eigenvalue weighted by Gasteiger charge is 2.53. The van der Waals surface area contributed by atoms with Crippen LogP contribution in [0, 0.1) is 0 Å². The minimum absolute atomic E-state index is 0.536. The van der Waals surface area contributed by atoms with Gasteiger partial charge < -0.3 is 9.80 Å². The molecule has 0 N–H and O–H groups in total. The van der Waals surface area contributed by atoms with Crippen LogP contribution in [0.25, 0.3) is 43.8 Å². The summed E-state index contributed by atoms with van der Waals surface area (Å²) in [5.41, 5.74) is 16.7. The fourth-order valence-corrected chi connectivity index (χ4v) is 10.2. The van der Waals surface area contributed by atoms with Gasteiger partial charge in [-0.1, -0.05) is 164 Å². The third kappa shape index (κ3) is 4.93. The Morgan fingerprint density at radius 1 is 0.271 bits per heavy atom. The van der Waals surface area contributed by atoms with Crippen molar-refractivity contribution in [3.05, 3.63) is 253 Å². The highest BCUT2D eigenvalue weighted by atomic mass is 15.2. The van der Waals surface area contributed by atoms with E-state index in [4.69, 9.17) is 0 Å². The van der Waals surface area contributed by atoms with Crippen molar-refractivity contribution in [3.8, 4) is 22.3 Å². The van der Waals surface area contributed by atoms with Gasteiger partial charge in [-0.25, -0.2) is 0 Å². The van der Waals surface area contributed by atoms with Gasteiger partial charge in [0.1, 0.15) is 0 Å². The Morgan fingerprint density at radius 3 is 1.46 bits per heavy atom. The van der Waals surface area contributed by atoms with Crippen LogP contribution in [0.15, 0.2) is 231 Å². The van der Waals surface area contributed by atoms with Crippen LogP contribution in [0.1, 0.15) is 22.3 Å². The molecule has 0 saturated heterocycles. The summed E-state index contributed by atoms with van der Waals surface area (Å²) in [6, 6.07) is 84.8. The van der Waals surface area contributed by atoms with Gasteiger partial charge in [-0.15, -0.1) is 0 Å². The standard InChI is InChI=1S/C57H38N2/c1-4-21-42(22-5-1)58(43-23-6-2-7-24-43)46-34-35-53-50(38-46)48-28-14-16-30-51(48)57(53)52-31-17-15-29-49(52)55-54(57)37-41-20-12-13-27-47(41)56(55)59(44-25-8-3-9-26-44)45-33-32-39-18-10-11-19-40(39)36-45/h1-38H. The fraction of sp³-hybridized carbons (Fsp3) is 0.0175. The fourth-order valence-electron chi connectivity index (χ4n) is 10.2. The second-order valence-electron chi connectivity index (χ2n) is 15.6. The van der Waals surface area contributed by atoms with Crippen molar-refractivity contribution < 1.29 is 0 Å². The van der Waals surface area contributed by atoms with Gasteiger partial charge in [0.2, 0.25) is 0 Å². The number of para-hydroxylation sites is 3. The van der Waals surface area contributed by atoms with Crippen molar-refractivity contribution in [2.75, 3.05) is 9.80 Å². The molecular weight excluding hydrogens is 713 g/mol. The Bertz CT molecular complexity index is 3190. The summed E-state index contributed by atoms with van der Waals surface area (Å²) in [5, 5.41) is 4.89. The minimum atomic E-state index is -0.536. The monoisotopic (exact) mass is 750 g/mol. The molecule has 0 aliphatic heterocycles. The molecule has 0 amide bonds. The number of benzene rings is 10. The van der Waals surface area contributed by atoms with Gasteiger partial charge in [-0.2, -0.15) is 0 Å². The van der Waals surface area contributed by atoms with Gasteiger partial charge >= 0.3 is 0 Å². The summed E-state index contributed by atoms with van der Waals surface area (Å²) in [6.45, 7) is 0. The lowest BCUT2D eigenvalue weighted by Crippen LogP contribution is -2.26. The van der Waals surface area contributed by atoms with E-state index in [-0.39, 0.29) is 0 Å². The zero-order chi connectivity index (χ0) is 38.9. The average molecular weight is 751 g/mol. The maximum Gasteiger partial charge on any atom is 0.0726 e. The lowest BCUT2D eigenvalue weighted by atomic mass is 9.70. The third-order valence-electron chi connectivity index (χ3n) is 12.6. The molecule has 0 fully saturated rings. The van der Waals surface area contributed by atoms with Crippen LogP contribution in [-0.4, -0.2) is 0 Å². The normalized spacial score (nSPS) is 14.5. The van der Waals surface area contributed by atoms with Gasteiger partial charge in [0.15, 0.2) is 0 Å². The first-order chi connectivity index (χ1) is 29.3. The topological polar surface area (TPSA) is 6.48 Å². The maximum absolute atomic E-state index is 2.51. The Kier molecular flexibility index (Phi) is 7.48. The first-order valence-electron chi connectivity index (χ1n) is 20.4. The second kappa shape index (κ2) is 13.2. The number of rotatable bonds is 6. The molecule has 2 nitrogen and oxygen atoms in total. The Morgan fingerprint density at radius 2 is 0.763 bits per heavy atom. The van der Waals surface area contributed by atoms with Crippen LogP contribution < -0.4 is 9.80 Å². The van der Waals surface area contributed by atoms with E-state index in [2.05, 4.69) is 240 Å². The quantitative estimate of drug-likeness (QED) is 0.167. The van der Waals surface area contributed by atoms with Crippen LogP contribution >= 0.6 is 0 Å². The molecule has 0 saturated carbocycles. The van der Waals surface area contributed by atoms with E-state index in [0.29, 0.717) is 0 Å². The van der Waals surface area contributed by atoms with Crippen molar-refractivity contribution in [2.45, 2.75) is 5.41 Å². The molecule has 2 aliphatic rings. The van der Waals surface area contributed by atoms with Crippen molar-refractivity contribution in [1.29, 1.82) is 0 Å². The predicted octanol–water partition coefficient (Wildman–Crippen LogP) is 15.3. The molecule has 12 rings (SSSR count). The third-order valence-corrected chi connectivity index (χ3v) is 12.6. The molecule has 0 radical (unpaired) electrons. The molecule has 0 bridgehead atoms. The molecule has 2 heteroatoms. The average Bonchev–Trinajstić information content (AvgIpc) is 3.77. The molecule has 1 spiro atoms. The maximum atomic E-state index is 2.51. The van der Waals surface area contributed by atoms with Crippen molar-refractivity contribution in [2.24, 2.45) is 0 Å². The summed E-state index contributed by atoms with van der Waals surface area (Å²) >= 11 is 0. The smallest absolute Gasteiger partial charge is 0.0726 e. The molecule has 1 atom stereocenters. The number of nitrogens with zero attached hydrogens (tertiary/aromatic N) is 2. The van der Waals surface area contributed by atoms with Crippen molar-refractivity contribution in [3.63, 3.8) is 0 Å². The van der Waals surface area contributed by atoms with E-state index in [0.717, 1.165) is 28.4 Å². The summed E-state index contributed by atoms with van der Waals surface area (Å²) in [7, 11) is 0. The zero-order valence-electron chi connectivity index (χ0n) is 32.3. The highest BCUT2D eigenvalue weighted by molar-refractivity contribution is 6.12. The molecule has 2 aliphatic carbocycles. The van der Waals surface area contributed by atoms with E-state index in [1.165, 1.54) is 71.7 Å². The molecule has 276 valence electrons. The van der Waals surface area contributed by atoms with Crippen LogP contribution in [0.2, 0.25) is 0 Å². The van der Waals surface area contributed by atoms with Gasteiger partial charge in [-0.3, -0.25) is 0 Å². The first-order valence-corrected chi connectivity index (χ1v) is 20.4. The minimum Gasteiger partial charge on any atom is -0.310 e. The number of hydrogen-bond donors (Lipinski definition) is 0. The van der Waals surface area contributed by atoms with E-state index in [1.54, 1.807) is 0 Å². The Labute approximate surface area is 344 Å². The SMILES string of the molecule is c1ccc(N(c2ccccc2)c2ccc3c(c2)-c2ccccc2C32c3ccccc3-c3c2cc2ccccc2c3N(c2ccccc2)c2ccc3ccccc3c2)cc1. The molecule has 59 heavy (non-hydrogen) atoms. The van der Waals surface area contributed by atoms with Gasteiger partial charge in [-0.05, 0) is 122 Å². The van der Waals surface area contributed by atoms with Gasteiger partial charge in [0.25, 0.3) is 0 Å². The summed E-state index contributed by atoms with van der Waals surface area (Å²) < 4.78 is 0. The molecule has 1 unspecified atom stereocenters. The van der Waals surface area contributed by atoms with E-state index in [1.807, 2.05) is 0 Å². The van der Waals surface area contributed by atoms with Crippen molar-refractivity contribution >= 4 is 55.7 Å². The molecule has 0 aromatic heterocycles. The second-order valence-corrected chi connectivity index (χ2v) is 15.6. The lowest BCUT2D eigenvalue weighted by Gasteiger charge is -2.33. The first kappa shape index (κ1) is 33.5. The summed E-state index contributed by atoms with van der Waals surface area (Å²) in [4.78, 5) is 4.88. The summed E-state index contributed by atoms with van der Waals surface area (Å²) in [5.74, 6) is 0. The van der Waals surface area contributed by atoms with E-state index >= 15 is 0 Å². The molecule has 0 heterocycles. The largest absolute Gasteiger partial charge is 0.310 e. The highest BCUT2D eigenvalue weighted by Crippen LogP contribution is 2.66. The number of hydrogen-bond acceptors (Lipinski definition) is 2. The summed E-state index contributed by atoms with van der Waals surface area (Å²) in [6.07, 6.45) is 0. The van der Waals surface area contributed by atoms with Gasteiger partial charge in [0.05, 0.1) is 11.1 Å². The van der Waals surface area contributed by atoms with Gasteiger partial charge in [0, 0.05) is 39.4 Å². The predicted molar refractivity (Wildman–Crippen MR) is 247 cm³/mol. The van der Waals surface area contributed by atoms with Crippen LogP contribution in [0.5, 0.6) is 0 Å². The number of fused-ring (bicyclic) bond motifs is 12. The van der Waals surface area contributed by atoms with Crippen LogP contribution in [-0.2, 0) is 5.41 Å².